The van der Waals surface area contributed by atoms with Gasteiger partial charge in [0.2, 0.25) is 0 Å². The lowest BCUT2D eigenvalue weighted by Gasteiger charge is -2.09. The normalized spacial score (nSPS) is 13.6. The molecule has 0 spiro atoms. The summed E-state index contributed by atoms with van der Waals surface area (Å²) in [5, 5.41) is 9.80. The van der Waals surface area contributed by atoms with Gasteiger partial charge < -0.3 is 5.11 Å². The van der Waals surface area contributed by atoms with Crippen molar-refractivity contribution < 1.29 is 18.7 Å². The summed E-state index contributed by atoms with van der Waals surface area (Å²) < 4.78 is 25.6. The first kappa shape index (κ1) is 15.0. The highest BCUT2D eigenvalue weighted by atomic mass is 19.1. The van der Waals surface area contributed by atoms with Crippen LogP contribution in [-0.4, -0.2) is 10.9 Å². The molecule has 4 heteroatoms. The number of carbonyl (C=O) groups excluding carboxylic acids is 1. The lowest BCUT2D eigenvalue weighted by atomic mass is 10.0. The van der Waals surface area contributed by atoms with Crippen molar-refractivity contribution in [1.82, 2.24) is 0 Å². The molecule has 0 aliphatic heterocycles. The van der Waals surface area contributed by atoms with E-state index in [1.54, 1.807) is 0 Å². The summed E-state index contributed by atoms with van der Waals surface area (Å²) in [6.07, 6.45) is 2.05. The molecule has 0 amide bonds. The fraction of sp³-hybridized carbons (Fsp3) is 0.133. The average molecular weight is 264 g/mol. The zero-order valence-corrected chi connectivity index (χ0v) is 10.4. The molecule has 0 radical (unpaired) electrons. The highest BCUT2D eigenvalue weighted by Gasteiger charge is 2.18. The van der Waals surface area contributed by atoms with Crippen LogP contribution in [0.5, 0.6) is 0 Å². The third-order valence-corrected chi connectivity index (χ3v) is 2.47. The number of Topliss-reactive ketones (excluding diaryl/α,β-unsaturated/α-hetero) is 1. The number of allylic oxidation sites excluding steroid dienone is 4. The second-order valence-electron chi connectivity index (χ2n) is 3.85. The van der Waals surface area contributed by atoms with Crippen molar-refractivity contribution in [3.8, 4) is 0 Å². The van der Waals surface area contributed by atoms with Crippen LogP contribution in [0.1, 0.15) is 18.6 Å². The largest absolute Gasteiger partial charge is 0.380 e. The summed E-state index contributed by atoms with van der Waals surface area (Å²) in [5.74, 6) is -1.63. The Bertz CT molecular complexity index is 528. The van der Waals surface area contributed by atoms with E-state index in [0.717, 1.165) is 18.2 Å². The number of hydrogen-bond donors (Lipinski definition) is 1. The SMILES string of the molecule is C=C(/C=C\C(F)=C/C)C(=O)C(O)c1ccc(F)cc1. The Labute approximate surface area is 110 Å². The first-order valence-electron chi connectivity index (χ1n) is 5.62. The molecule has 0 aliphatic carbocycles. The quantitative estimate of drug-likeness (QED) is 0.653. The van der Waals surface area contributed by atoms with E-state index >= 15 is 0 Å². The van der Waals surface area contributed by atoms with Crippen LogP contribution in [0.2, 0.25) is 0 Å². The van der Waals surface area contributed by atoms with E-state index in [1.807, 2.05) is 0 Å². The summed E-state index contributed by atoms with van der Waals surface area (Å²) in [6.45, 7) is 4.97. The molecule has 1 aromatic rings. The van der Waals surface area contributed by atoms with Crippen LogP contribution >= 0.6 is 0 Å². The van der Waals surface area contributed by atoms with Gasteiger partial charge in [-0.2, -0.15) is 0 Å². The third-order valence-electron chi connectivity index (χ3n) is 2.47. The summed E-state index contributed by atoms with van der Waals surface area (Å²) in [4.78, 5) is 11.8. The van der Waals surface area contributed by atoms with Gasteiger partial charge in [-0.15, -0.1) is 0 Å². The van der Waals surface area contributed by atoms with Gasteiger partial charge in [0.05, 0.1) is 0 Å². The Kier molecular flexibility index (Phi) is 5.33. The van der Waals surface area contributed by atoms with Crippen molar-refractivity contribution in [2.45, 2.75) is 13.0 Å². The average Bonchev–Trinajstić information content (AvgIpc) is 2.43. The van der Waals surface area contributed by atoms with Gasteiger partial charge in [0, 0.05) is 5.57 Å². The number of ketones is 1. The molecule has 1 aromatic carbocycles. The molecule has 1 rings (SSSR count). The van der Waals surface area contributed by atoms with Crippen molar-refractivity contribution in [1.29, 1.82) is 0 Å². The van der Waals surface area contributed by atoms with Crippen LogP contribution in [0.3, 0.4) is 0 Å². The monoisotopic (exact) mass is 264 g/mol. The van der Waals surface area contributed by atoms with Crippen molar-refractivity contribution in [2.75, 3.05) is 0 Å². The Morgan fingerprint density at radius 2 is 1.89 bits per heavy atom. The molecular formula is C15H14F2O2. The number of hydrogen-bond acceptors (Lipinski definition) is 2. The number of aliphatic hydroxyl groups is 1. The summed E-state index contributed by atoms with van der Waals surface area (Å²) in [7, 11) is 0. The number of benzene rings is 1. The summed E-state index contributed by atoms with van der Waals surface area (Å²) in [6, 6.07) is 4.90. The molecule has 1 atom stereocenters. The predicted octanol–water partition coefficient (Wildman–Crippen LogP) is 3.41. The Morgan fingerprint density at radius 1 is 1.32 bits per heavy atom. The van der Waals surface area contributed by atoms with Gasteiger partial charge in [-0.05, 0) is 36.8 Å². The van der Waals surface area contributed by atoms with Gasteiger partial charge in [-0.3, -0.25) is 4.79 Å². The van der Waals surface area contributed by atoms with Gasteiger partial charge in [0.15, 0.2) is 5.78 Å². The fourth-order valence-corrected chi connectivity index (χ4v) is 1.33. The number of halogens is 2. The number of carbonyl (C=O) groups is 1. The molecule has 1 N–H and O–H groups in total. The van der Waals surface area contributed by atoms with E-state index < -0.39 is 23.5 Å². The predicted molar refractivity (Wildman–Crippen MR) is 69.5 cm³/mol. The lowest BCUT2D eigenvalue weighted by molar-refractivity contribution is -0.123. The highest BCUT2D eigenvalue weighted by Crippen LogP contribution is 2.18. The molecule has 0 heterocycles. The minimum Gasteiger partial charge on any atom is -0.380 e. The Balaban J connectivity index is 2.80. The van der Waals surface area contributed by atoms with Gasteiger partial charge in [0.25, 0.3) is 0 Å². The summed E-state index contributed by atoms with van der Waals surface area (Å²) >= 11 is 0. The van der Waals surface area contributed by atoms with Crippen LogP contribution in [0.25, 0.3) is 0 Å². The minimum atomic E-state index is -1.44. The Hall–Kier alpha value is -2.07. The third kappa shape index (κ3) is 4.26. The molecule has 0 aromatic heterocycles. The first-order valence-corrected chi connectivity index (χ1v) is 5.62. The maximum atomic E-state index is 12.8. The molecular weight excluding hydrogens is 250 g/mol. The number of aliphatic hydroxyl groups excluding tert-OH is 1. The molecule has 0 aliphatic rings. The smallest absolute Gasteiger partial charge is 0.195 e. The van der Waals surface area contributed by atoms with Crippen LogP contribution in [0.4, 0.5) is 8.78 Å². The van der Waals surface area contributed by atoms with E-state index in [1.165, 1.54) is 31.2 Å². The second-order valence-corrected chi connectivity index (χ2v) is 3.85. The first-order chi connectivity index (χ1) is 8.95. The molecule has 100 valence electrons. The minimum absolute atomic E-state index is 0.0335. The summed E-state index contributed by atoms with van der Waals surface area (Å²) in [5.41, 5.74) is 0.223. The van der Waals surface area contributed by atoms with Crippen molar-refractivity contribution in [3.05, 3.63) is 71.9 Å². The maximum Gasteiger partial charge on any atom is 0.195 e. The van der Waals surface area contributed by atoms with Crippen molar-refractivity contribution >= 4 is 5.78 Å². The molecule has 0 saturated heterocycles. The zero-order chi connectivity index (χ0) is 14.4. The van der Waals surface area contributed by atoms with E-state index in [0.29, 0.717) is 0 Å². The van der Waals surface area contributed by atoms with Gasteiger partial charge in [0.1, 0.15) is 17.7 Å². The van der Waals surface area contributed by atoms with Crippen LogP contribution < -0.4 is 0 Å². The molecule has 2 nitrogen and oxygen atoms in total. The van der Waals surface area contributed by atoms with E-state index in [2.05, 4.69) is 6.58 Å². The van der Waals surface area contributed by atoms with E-state index in [-0.39, 0.29) is 11.1 Å². The molecule has 0 bridgehead atoms. The second kappa shape index (κ2) is 6.75. The van der Waals surface area contributed by atoms with Gasteiger partial charge in [-0.1, -0.05) is 24.8 Å². The topological polar surface area (TPSA) is 37.3 Å². The molecule has 0 saturated carbocycles. The van der Waals surface area contributed by atoms with Crippen LogP contribution in [0.15, 0.2) is 60.5 Å². The highest BCUT2D eigenvalue weighted by molar-refractivity contribution is 6.01. The molecule has 19 heavy (non-hydrogen) atoms. The maximum absolute atomic E-state index is 12.8. The van der Waals surface area contributed by atoms with Gasteiger partial charge >= 0.3 is 0 Å². The Morgan fingerprint density at radius 3 is 2.42 bits per heavy atom. The van der Waals surface area contributed by atoms with Crippen LogP contribution in [-0.2, 0) is 4.79 Å². The molecule has 1 unspecified atom stereocenters. The van der Waals surface area contributed by atoms with Gasteiger partial charge in [-0.25, -0.2) is 8.78 Å². The lowest BCUT2D eigenvalue weighted by Crippen LogP contribution is -2.12. The van der Waals surface area contributed by atoms with Crippen molar-refractivity contribution in [3.63, 3.8) is 0 Å². The number of rotatable bonds is 5. The zero-order valence-electron chi connectivity index (χ0n) is 10.4. The van der Waals surface area contributed by atoms with Crippen molar-refractivity contribution in [2.24, 2.45) is 0 Å². The van der Waals surface area contributed by atoms with Crippen LogP contribution in [0, 0.1) is 5.82 Å². The molecule has 0 fully saturated rings. The standard InChI is InChI=1S/C15H14F2O2/c1-3-12(16)7-4-10(2)14(18)15(19)11-5-8-13(17)9-6-11/h3-9,15,19H,2H2,1H3/b7-4-,12-3+. The fourth-order valence-electron chi connectivity index (χ4n) is 1.33. The van der Waals surface area contributed by atoms with E-state index in [9.17, 15) is 18.7 Å². The van der Waals surface area contributed by atoms with E-state index in [4.69, 9.17) is 0 Å².